The molecule has 9 nitrogen and oxygen atoms in total. The molecule has 158 valence electrons. The fourth-order valence-electron chi connectivity index (χ4n) is 2.26. The Kier molecular flexibility index (Phi) is 13.2. The smallest absolute Gasteiger partial charge is 0.408 e. The second-order valence-electron chi connectivity index (χ2n) is 7.37. The molecule has 1 atom stereocenters. The van der Waals surface area contributed by atoms with Crippen LogP contribution in [0.2, 0.25) is 0 Å². The van der Waals surface area contributed by atoms with E-state index in [0.717, 1.165) is 19.3 Å². The number of alkyl carbamates (subject to hydrolysis) is 1. The van der Waals surface area contributed by atoms with Gasteiger partial charge in [-0.25, -0.2) is 4.79 Å². The molecule has 0 aliphatic rings. The summed E-state index contributed by atoms with van der Waals surface area (Å²) >= 11 is 0. The van der Waals surface area contributed by atoms with E-state index >= 15 is 0 Å². The topological polar surface area (TPSA) is 149 Å². The normalized spacial score (nSPS) is 12.2. The van der Waals surface area contributed by atoms with Gasteiger partial charge in [-0.05, 0) is 53.0 Å². The Labute approximate surface area is 162 Å². The number of carbonyl (C=O) groups excluding carboxylic acids is 3. The minimum atomic E-state index is -0.676. The maximum atomic E-state index is 12.3. The van der Waals surface area contributed by atoms with Crippen molar-refractivity contribution in [2.24, 2.45) is 11.5 Å². The first-order chi connectivity index (χ1) is 12.7. The molecule has 0 aromatic heterocycles. The lowest BCUT2D eigenvalue weighted by Crippen LogP contribution is -2.48. The van der Waals surface area contributed by atoms with Gasteiger partial charge in [0.25, 0.3) is 0 Å². The summed E-state index contributed by atoms with van der Waals surface area (Å²) in [6, 6.07) is -0.676. The van der Waals surface area contributed by atoms with E-state index in [0.29, 0.717) is 45.4 Å². The first-order valence-corrected chi connectivity index (χ1v) is 9.63. The first kappa shape index (κ1) is 25.1. The lowest BCUT2D eigenvalue weighted by Gasteiger charge is -2.23. The first-order valence-electron chi connectivity index (χ1n) is 9.63. The minimum absolute atomic E-state index is 0.00658. The number of carbonyl (C=O) groups is 3. The van der Waals surface area contributed by atoms with Gasteiger partial charge >= 0.3 is 6.09 Å². The quantitative estimate of drug-likeness (QED) is 0.288. The highest BCUT2D eigenvalue weighted by atomic mass is 16.6. The summed E-state index contributed by atoms with van der Waals surface area (Å²) in [5, 5.41) is 8.13. The summed E-state index contributed by atoms with van der Waals surface area (Å²) in [7, 11) is 0. The van der Waals surface area contributed by atoms with Crippen molar-refractivity contribution in [2.45, 2.75) is 70.9 Å². The van der Waals surface area contributed by atoms with Gasteiger partial charge in [0.1, 0.15) is 11.6 Å². The number of hydrogen-bond acceptors (Lipinski definition) is 6. The van der Waals surface area contributed by atoms with E-state index in [2.05, 4.69) is 16.0 Å². The fourth-order valence-corrected chi connectivity index (χ4v) is 2.26. The van der Waals surface area contributed by atoms with Crippen LogP contribution in [0.5, 0.6) is 0 Å². The van der Waals surface area contributed by atoms with Crippen LogP contribution < -0.4 is 27.4 Å². The Morgan fingerprint density at radius 2 is 1.63 bits per heavy atom. The lowest BCUT2D eigenvalue weighted by atomic mass is 10.1. The summed E-state index contributed by atoms with van der Waals surface area (Å²) < 4.78 is 5.20. The van der Waals surface area contributed by atoms with Crippen LogP contribution in [0.25, 0.3) is 0 Å². The highest BCUT2D eigenvalue weighted by Gasteiger charge is 2.23. The zero-order valence-electron chi connectivity index (χ0n) is 16.9. The number of ether oxygens (including phenoxy) is 1. The predicted molar refractivity (Wildman–Crippen MR) is 105 cm³/mol. The van der Waals surface area contributed by atoms with E-state index in [1.165, 1.54) is 0 Å². The molecule has 0 bridgehead atoms. The van der Waals surface area contributed by atoms with Crippen molar-refractivity contribution < 1.29 is 19.1 Å². The average molecular weight is 388 g/mol. The summed E-state index contributed by atoms with van der Waals surface area (Å²) in [6.45, 7) is 7.13. The second kappa shape index (κ2) is 14.2. The molecule has 0 rings (SSSR count). The predicted octanol–water partition coefficient (Wildman–Crippen LogP) is 0.370. The second-order valence-corrected chi connectivity index (χ2v) is 7.37. The summed E-state index contributed by atoms with van der Waals surface area (Å²) in [6.07, 6.45) is 3.22. The van der Waals surface area contributed by atoms with Crippen molar-refractivity contribution >= 4 is 17.9 Å². The van der Waals surface area contributed by atoms with Gasteiger partial charge < -0.3 is 32.2 Å². The van der Waals surface area contributed by atoms with E-state index in [4.69, 9.17) is 16.2 Å². The van der Waals surface area contributed by atoms with Crippen molar-refractivity contribution in [3.05, 3.63) is 0 Å². The molecule has 0 aromatic rings. The Morgan fingerprint density at radius 1 is 0.926 bits per heavy atom. The maximum absolute atomic E-state index is 12.3. The van der Waals surface area contributed by atoms with Crippen molar-refractivity contribution in [1.82, 2.24) is 16.0 Å². The van der Waals surface area contributed by atoms with Gasteiger partial charge in [-0.2, -0.15) is 0 Å². The zero-order valence-corrected chi connectivity index (χ0v) is 16.9. The van der Waals surface area contributed by atoms with Crippen molar-refractivity contribution in [1.29, 1.82) is 0 Å². The molecule has 3 amide bonds. The fraction of sp³-hybridized carbons (Fsp3) is 0.833. The molecular formula is C18H37N5O4. The van der Waals surface area contributed by atoms with E-state index in [1.807, 2.05) is 0 Å². The molecule has 0 saturated heterocycles. The largest absolute Gasteiger partial charge is 0.444 e. The SMILES string of the molecule is CC(C)(C)OC(=O)NC(CCCN)C(=O)NCCCCCC(=O)NCCN. The van der Waals surface area contributed by atoms with Crippen LogP contribution in [0.3, 0.4) is 0 Å². The van der Waals surface area contributed by atoms with Crippen molar-refractivity contribution in [3.8, 4) is 0 Å². The minimum Gasteiger partial charge on any atom is -0.444 e. The van der Waals surface area contributed by atoms with E-state index in [-0.39, 0.29) is 11.8 Å². The van der Waals surface area contributed by atoms with E-state index in [9.17, 15) is 14.4 Å². The van der Waals surface area contributed by atoms with Gasteiger partial charge in [0.05, 0.1) is 0 Å². The lowest BCUT2D eigenvalue weighted by molar-refractivity contribution is -0.123. The third-order valence-electron chi connectivity index (χ3n) is 3.55. The molecule has 0 spiro atoms. The standard InChI is InChI=1S/C18H37N5O4/c1-18(2,3)27-17(26)23-14(8-7-10-19)16(25)22-12-6-4-5-9-15(24)21-13-11-20/h14H,4-13,19-20H2,1-3H3,(H,21,24)(H,22,25)(H,23,26). The molecule has 27 heavy (non-hydrogen) atoms. The van der Waals surface area contributed by atoms with Crippen LogP contribution in [0.15, 0.2) is 0 Å². The molecule has 7 N–H and O–H groups in total. The number of nitrogens with two attached hydrogens (primary N) is 2. The molecule has 0 fully saturated rings. The molecular weight excluding hydrogens is 350 g/mol. The third kappa shape index (κ3) is 14.9. The molecule has 0 aliphatic heterocycles. The van der Waals surface area contributed by atoms with Crippen LogP contribution >= 0.6 is 0 Å². The van der Waals surface area contributed by atoms with Crippen molar-refractivity contribution in [2.75, 3.05) is 26.2 Å². The van der Waals surface area contributed by atoms with Gasteiger partial charge in [0, 0.05) is 26.1 Å². The molecule has 0 saturated carbocycles. The van der Waals surface area contributed by atoms with Gasteiger partial charge in [-0.15, -0.1) is 0 Å². The van der Waals surface area contributed by atoms with Gasteiger partial charge in [0.2, 0.25) is 11.8 Å². The summed E-state index contributed by atoms with van der Waals surface area (Å²) in [4.78, 5) is 35.6. The number of unbranched alkanes of at least 4 members (excludes halogenated alkanes) is 2. The Hall–Kier alpha value is -1.87. The monoisotopic (exact) mass is 387 g/mol. The molecule has 9 heteroatoms. The van der Waals surface area contributed by atoms with Gasteiger partial charge in [-0.1, -0.05) is 6.42 Å². The maximum Gasteiger partial charge on any atom is 0.408 e. The highest BCUT2D eigenvalue weighted by Crippen LogP contribution is 2.08. The Morgan fingerprint density at radius 3 is 2.22 bits per heavy atom. The molecule has 0 heterocycles. The Bertz CT molecular complexity index is 452. The van der Waals surface area contributed by atoms with Crippen LogP contribution in [-0.4, -0.2) is 55.7 Å². The van der Waals surface area contributed by atoms with Gasteiger partial charge in [-0.3, -0.25) is 9.59 Å². The van der Waals surface area contributed by atoms with Crippen LogP contribution in [0.4, 0.5) is 4.79 Å². The van der Waals surface area contributed by atoms with Gasteiger partial charge in [0.15, 0.2) is 0 Å². The highest BCUT2D eigenvalue weighted by molar-refractivity contribution is 5.85. The number of rotatable bonds is 13. The number of amides is 3. The number of hydrogen-bond donors (Lipinski definition) is 5. The summed E-state index contributed by atoms with van der Waals surface area (Å²) in [5.74, 6) is -0.261. The molecule has 0 aromatic carbocycles. The van der Waals surface area contributed by atoms with Crippen LogP contribution in [0, 0.1) is 0 Å². The van der Waals surface area contributed by atoms with Crippen LogP contribution in [-0.2, 0) is 14.3 Å². The molecule has 0 aliphatic carbocycles. The van der Waals surface area contributed by atoms with E-state index < -0.39 is 17.7 Å². The molecule has 0 radical (unpaired) electrons. The Balaban J connectivity index is 4.14. The van der Waals surface area contributed by atoms with Crippen LogP contribution in [0.1, 0.15) is 59.3 Å². The molecule has 1 unspecified atom stereocenters. The number of nitrogens with one attached hydrogen (secondary N) is 3. The summed E-state index contributed by atoms with van der Waals surface area (Å²) in [5.41, 5.74) is 10.2. The average Bonchev–Trinajstić information content (AvgIpc) is 2.57. The van der Waals surface area contributed by atoms with E-state index in [1.54, 1.807) is 20.8 Å². The van der Waals surface area contributed by atoms with Crippen molar-refractivity contribution in [3.63, 3.8) is 0 Å². The zero-order chi connectivity index (χ0) is 20.7. The third-order valence-corrected chi connectivity index (χ3v) is 3.55.